The molecule has 5 N–H and O–H groups in total. The highest BCUT2D eigenvalue weighted by atomic mass is 35.5. The zero-order chi connectivity index (χ0) is 13.7. The summed E-state index contributed by atoms with van der Waals surface area (Å²) < 4.78 is 0. The molecule has 1 aromatic rings. The van der Waals surface area contributed by atoms with Crippen LogP contribution in [0.15, 0.2) is 18.2 Å². The van der Waals surface area contributed by atoms with Gasteiger partial charge >= 0.3 is 0 Å². The molecule has 1 unspecified atom stereocenters. The van der Waals surface area contributed by atoms with Gasteiger partial charge in [-0.2, -0.15) is 0 Å². The molecule has 6 heteroatoms. The first-order chi connectivity index (χ1) is 8.40. The third-order valence-corrected chi connectivity index (χ3v) is 2.60. The van der Waals surface area contributed by atoms with E-state index < -0.39 is 5.91 Å². The number of amides is 2. The number of carbonyl (C=O) groups is 2. The Morgan fingerprint density at radius 3 is 2.47 bits per heavy atom. The van der Waals surface area contributed by atoms with Crippen LogP contribution in [0.5, 0.6) is 0 Å². The zero-order valence-corrected chi connectivity index (χ0v) is 11.9. The Hall–Kier alpha value is -1.59. The monoisotopic (exact) mass is 285 g/mol. The average molecular weight is 286 g/mol. The van der Waals surface area contributed by atoms with E-state index in [9.17, 15) is 9.59 Å². The number of nitrogens with two attached hydrogens (primary N) is 2. The van der Waals surface area contributed by atoms with E-state index in [0.717, 1.165) is 5.56 Å². The largest absolute Gasteiger partial charge is 0.366 e. The van der Waals surface area contributed by atoms with Crippen molar-refractivity contribution in [1.29, 1.82) is 0 Å². The smallest absolute Gasteiger partial charge is 0.248 e. The van der Waals surface area contributed by atoms with Gasteiger partial charge < -0.3 is 16.8 Å². The second kappa shape index (κ2) is 7.76. The molecule has 0 spiro atoms. The molecular formula is C13H20ClN3O2. The second-order valence-electron chi connectivity index (χ2n) is 4.46. The molecule has 1 atom stereocenters. The van der Waals surface area contributed by atoms with Gasteiger partial charge in [0.25, 0.3) is 0 Å². The van der Waals surface area contributed by atoms with Crippen LogP contribution in [0, 0.1) is 6.92 Å². The summed E-state index contributed by atoms with van der Waals surface area (Å²) in [4.78, 5) is 22.6. The fourth-order valence-corrected chi connectivity index (χ4v) is 1.60. The molecule has 0 aromatic heterocycles. The second-order valence-corrected chi connectivity index (χ2v) is 4.46. The number of aryl methyl sites for hydroxylation is 1. The van der Waals surface area contributed by atoms with E-state index in [0.29, 0.717) is 24.1 Å². The number of hydrogen-bond donors (Lipinski definition) is 3. The first-order valence-electron chi connectivity index (χ1n) is 5.86. The van der Waals surface area contributed by atoms with Crippen molar-refractivity contribution in [3.8, 4) is 0 Å². The van der Waals surface area contributed by atoms with E-state index in [-0.39, 0.29) is 24.4 Å². The van der Waals surface area contributed by atoms with Crippen LogP contribution in [-0.2, 0) is 4.79 Å². The van der Waals surface area contributed by atoms with Crippen molar-refractivity contribution in [2.24, 2.45) is 11.5 Å². The molecular weight excluding hydrogens is 266 g/mol. The molecule has 1 rings (SSSR count). The van der Waals surface area contributed by atoms with E-state index in [1.807, 2.05) is 6.92 Å². The van der Waals surface area contributed by atoms with Crippen molar-refractivity contribution in [2.75, 3.05) is 5.32 Å². The Bertz CT molecular complexity index is 461. The Balaban J connectivity index is 0.00000324. The third kappa shape index (κ3) is 5.72. The fraction of sp³-hybridized carbons (Fsp3) is 0.385. The number of rotatable bonds is 5. The summed E-state index contributed by atoms with van der Waals surface area (Å²) in [6.07, 6.45) is 1.03. The van der Waals surface area contributed by atoms with Crippen LogP contribution in [0.25, 0.3) is 0 Å². The Kier molecular flexibility index (Phi) is 7.11. The van der Waals surface area contributed by atoms with E-state index in [1.54, 1.807) is 25.1 Å². The number of primary amides is 1. The molecule has 5 nitrogen and oxygen atoms in total. The van der Waals surface area contributed by atoms with E-state index in [4.69, 9.17) is 11.5 Å². The fourth-order valence-electron chi connectivity index (χ4n) is 1.60. The SMILES string of the molecule is Cc1cc(NC(=O)CCC(C)N)ccc1C(N)=O.Cl. The first-order valence-corrected chi connectivity index (χ1v) is 5.86. The Morgan fingerprint density at radius 2 is 2.00 bits per heavy atom. The van der Waals surface area contributed by atoms with Gasteiger partial charge in [0.15, 0.2) is 0 Å². The van der Waals surface area contributed by atoms with Crippen molar-refractivity contribution in [3.05, 3.63) is 29.3 Å². The van der Waals surface area contributed by atoms with Crippen molar-refractivity contribution in [3.63, 3.8) is 0 Å². The molecule has 19 heavy (non-hydrogen) atoms. The van der Waals surface area contributed by atoms with Gasteiger partial charge in [-0.25, -0.2) is 0 Å². The summed E-state index contributed by atoms with van der Waals surface area (Å²) >= 11 is 0. The van der Waals surface area contributed by atoms with Gasteiger partial charge in [0, 0.05) is 23.7 Å². The summed E-state index contributed by atoms with van der Waals surface area (Å²) in [5, 5.41) is 2.76. The minimum absolute atomic E-state index is 0. The molecule has 106 valence electrons. The molecule has 0 heterocycles. The van der Waals surface area contributed by atoms with Crippen LogP contribution in [0.2, 0.25) is 0 Å². The first kappa shape index (κ1) is 17.4. The van der Waals surface area contributed by atoms with Gasteiger partial charge in [0.05, 0.1) is 0 Å². The highest BCUT2D eigenvalue weighted by Crippen LogP contribution is 2.15. The minimum atomic E-state index is -0.470. The number of carbonyl (C=O) groups excluding carboxylic acids is 2. The van der Waals surface area contributed by atoms with Gasteiger partial charge in [0.1, 0.15) is 0 Å². The summed E-state index contributed by atoms with van der Waals surface area (Å²) in [6, 6.07) is 5.01. The quantitative estimate of drug-likeness (QED) is 0.766. The Morgan fingerprint density at radius 1 is 1.37 bits per heavy atom. The standard InChI is InChI=1S/C13H19N3O2.ClH/c1-8-7-10(4-5-11(8)13(15)18)16-12(17)6-3-9(2)14;/h4-5,7,9H,3,6,14H2,1-2H3,(H2,15,18)(H,16,17);1H. The van der Waals surface area contributed by atoms with E-state index in [1.165, 1.54) is 0 Å². The lowest BCUT2D eigenvalue weighted by atomic mass is 10.1. The van der Waals surface area contributed by atoms with Gasteiger partial charge in [-0.05, 0) is 44.0 Å². The molecule has 0 aliphatic heterocycles. The predicted molar refractivity (Wildman–Crippen MR) is 78.5 cm³/mol. The predicted octanol–water partition coefficient (Wildman–Crippen LogP) is 1.58. The van der Waals surface area contributed by atoms with Gasteiger partial charge in [-0.1, -0.05) is 0 Å². The summed E-state index contributed by atoms with van der Waals surface area (Å²) in [5.74, 6) is -0.555. The number of benzene rings is 1. The summed E-state index contributed by atoms with van der Waals surface area (Å²) in [6.45, 7) is 3.64. The molecule has 0 aliphatic carbocycles. The molecule has 0 aliphatic rings. The molecule has 0 saturated carbocycles. The van der Waals surface area contributed by atoms with Crippen molar-refractivity contribution in [1.82, 2.24) is 0 Å². The number of anilines is 1. The zero-order valence-electron chi connectivity index (χ0n) is 11.1. The van der Waals surface area contributed by atoms with Gasteiger partial charge in [-0.15, -0.1) is 12.4 Å². The molecule has 2 amide bonds. The maximum Gasteiger partial charge on any atom is 0.248 e. The van der Waals surface area contributed by atoms with Gasteiger partial charge in [-0.3, -0.25) is 9.59 Å². The molecule has 0 saturated heterocycles. The van der Waals surface area contributed by atoms with Crippen molar-refractivity contribution >= 4 is 29.9 Å². The lowest BCUT2D eigenvalue weighted by molar-refractivity contribution is -0.116. The van der Waals surface area contributed by atoms with Crippen LogP contribution in [0.4, 0.5) is 5.69 Å². The van der Waals surface area contributed by atoms with Crippen LogP contribution in [0.3, 0.4) is 0 Å². The number of hydrogen-bond acceptors (Lipinski definition) is 3. The Labute approximate surface area is 119 Å². The summed E-state index contributed by atoms with van der Waals surface area (Å²) in [5.41, 5.74) is 12.7. The summed E-state index contributed by atoms with van der Waals surface area (Å²) in [7, 11) is 0. The highest BCUT2D eigenvalue weighted by molar-refractivity contribution is 5.96. The maximum atomic E-state index is 11.6. The van der Waals surface area contributed by atoms with E-state index >= 15 is 0 Å². The topological polar surface area (TPSA) is 98.2 Å². The molecule has 0 radical (unpaired) electrons. The highest BCUT2D eigenvalue weighted by Gasteiger charge is 2.08. The lowest BCUT2D eigenvalue weighted by Crippen LogP contribution is -2.19. The van der Waals surface area contributed by atoms with Crippen LogP contribution >= 0.6 is 12.4 Å². The van der Waals surface area contributed by atoms with Crippen molar-refractivity contribution < 1.29 is 9.59 Å². The van der Waals surface area contributed by atoms with Crippen LogP contribution < -0.4 is 16.8 Å². The molecule has 1 aromatic carbocycles. The van der Waals surface area contributed by atoms with Crippen LogP contribution in [0.1, 0.15) is 35.7 Å². The minimum Gasteiger partial charge on any atom is -0.366 e. The third-order valence-electron chi connectivity index (χ3n) is 2.60. The maximum absolute atomic E-state index is 11.6. The average Bonchev–Trinajstić information content (AvgIpc) is 2.26. The van der Waals surface area contributed by atoms with E-state index in [2.05, 4.69) is 5.32 Å². The molecule has 0 fully saturated rings. The van der Waals surface area contributed by atoms with Gasteiger partial charge in [0.2, 0.25) is 11.8 Å². The number of nitrogens with one attached hydrogen (secondary N) is 1. The molecule has 0 bridgehead atoms. The lowest BCUT2D eigenvalue weighted by Gasteiger charge is -2.09. The van der Waals surface area contributed by atoms with Crippen LogP contribution in [-0.4, -0.2) is 17.9 Å². The normalized spacial score (nSPS) is 11.3. The van der Waals surface area contributed by atoms with Crippen molar-refractivity contribution in [2.45, 2.75) is 32.7 Å². The number of halogens is 1.